The summed E-state index contributed by atoms with van der Waals surface area (Å²) < 4.78 is 8.61. The van der Waals surface area contributed by atoms with Gasteiger partial charge in [0.05, 0.1) is 24.1 Å². The van der Waals surface area contributed by atoms with Crippen molar-refractivity contribution in [2.45, 2.75) is 52.6 Å². The third kappa shape index (κ3) is 4.07. The van der Waals surface area contributed by atoms with Crippen LogP contribution in [0.3, 0.4) is 0 Å². The van der Waals surface area contributed by atoms with E-state index >= 15 is 0 Å². The zero-order valence-electron chi connectivity index (χ0n) is 17.3. The molecule has 0 N–H and O–H groups in total. The van der Waals surface area contributed by atoms with Crippen molar-refractivity contribution in [3.8, 4) is 5.75 Å². The quantitative estimate of drug-likeness (QED) is 0.571. The molecule has 1 aliphatic rings. The SMILES string of the molecule is Cc1ccc(C(C)C)c(OCCn2c(CN3CCCC3)nc3ccccc32)c1. The lowest BCUT2D eigenvalue weighted by Gasteiger charge is -2.18. The van der Waals surface area contributed by atoms with Crippen molar-refractivity contribution in [3.63, 3.8) is 0 Å². The van der Waals surface area contributed by atoms with Gasteiger partial charge in [0.15, 0.2) is 0 Å². The van der Waals surface area contributed by atoms with Crippen LogP contribution in [-0.4, -0.2) is 34.1 Å². The number of hydrogen-bond donors (Lipinski definition) is 0. The number of aromatic nitrogens is 2. The van der Waals surface area contributed by atoms with E-state index in [1.54, 1.807) is 0 Å². The molecule has 1 aliphatic heterocycles. The van der Waals surface area contributed by atoms with Crippen molar-refractivity contribution in [2.75, 3.05) is 19.7 Å². The van der Waals surface area contributed by atoms with Gasteiger partial charge in [-0.15, -0.1) is 0 Å². The van der Waals surface area contributed by atoms with E-state index in [0.29, 0.717) is 12.5 Å². The Morgan fingerprint density at radius 3 is 2.64 bits per heavy atom. The molecule has 148 valence electrons. The van der Waals surface area contributed by atoms with Crippen LogP contribution >= 0.6 is 0 Å². The molecule has 1 aromatic heterocycles. The van der Waals surface area contributed by atoms with Gasteiger partial charge < -0.3 is 9.30 Å². The first-order chi connectivity index (χ1) is 13.6. The molecule has 0 amide bonds. The summed E-state index contributed by atoms with van der Waals surface area (Å²) in [5.41, 5.74) is 4.80. The van der Waals surface area contributed by atoms with Gasteiger partial charge in [0.2, 0.25) is 0 Å². The average molecular weight is 378 g/mol. The van der Waals surface area contributed by atoms with Crippen LogP contribution in [0.1, 0.15) is 49.6 Å². The number of para-hydroxylation sites is 2. The van der Waals surface area contributed by atoms with Gasteiger partial charge in [-0.3, -0.25) is 4.90 Å². The Balaban J connectivity index is 1.53. The molecule has 0 spiro atoms. The molecule has 4 rings (SSSR count). The summed E-state index contributed by atoms with van der Waals surface area (Å²) in [4.78, 5) is 7.44. The summed E-state index contributed by atoms with van der Waals surface area (Å²) in [6, 6.07) is 15.0. The van der Waals surface area contributed by atoms with E-state index in [4.69, 9.17) is 9.72 Å². The number of imidazole rings is 1. The maximum Gasteiger partial charge on any atom is 0.124 e. The summed E-state index contributed by atoms with van der Waals surface area (Å²) >= 11 is 0. The molecule has 4 heteroatoms. The maximum atomic E-state index is 6.26. The van der Waals surface area contributed by atoms with E-state index in [9.17, 15) is 0 Å². The van der Waals surface area contributed by atoms with Crippen LogP contribution < -0.4 is 4.74 Å². The molecule has 1 fully saturated rings. The van der Waals surface area contributed by atoms with Crippen LogP contribution in [0, 0.1) is 6.92 Å². The summed E-state index contributed by atoms with van der Waals surface area (Å²) in [7, 11) is 0. The first kappa shape index (κ1) is 19.0. The van der Waals surface area contributed by atoms with E-state index < -0.39 is 0 Å². The first-order valence-corrected chi connectivity index (χ1v) is 10.5. The number of ether oxygens (including phenoxy) is 1. The van der Waals surface area contributed by atoms with E-state index in [1.807, 2.05) is 0 Å². The van der Waals surface area contributed by atoms with Gasteiger partial charge >= 0.3 is 0 Å². The highest BCUT2D eigenvalue weighted by Gasteiger charge is 2.17. The predicted molar refractivity (Wildman–Crippen MR) is 115 cm³/mol. The zero-order valence-corrected chi connectivity index (χ0v) is 17.3. The normalized spacial score (nSPS) is 15.0. The number of benzene rings is 2. The Morgan fingerprint density at radius 1 is 1.07 bits per heavy atom. The molecular weight excluding hydrogens is 346 g/mol. The largest absolute Gasteiger partial charge is 0.491 e. The fourth-order valence-corrected chi connectivity index (χ4v) is 4.13. The Labute approximate surface area is 168 Å². The van der Waals surface area contributed by atoms with Crippen LogP contribution in [0.15, 0.2) is 42.5 Å². The molecule has 28 heavy (non-hydrogen) atoms. The van der Waals surface area contributed by atoms with E-state index in [1.165, 1.54) is 42.6 Å². The Morgan fingerprint density at radius 2 is 1.86 bits per heavy atom. The van der Waals surface area contributed by atoms with Gasteiger partial charge in [-0.05, 0) is 68.1 Å². The highest BCUT2D eigenvalue weighted by Crippen LogP contribution is 2.28. The van der Waals surface area contributed by atoms with Crippen molar-refractivity contribution in [3.05, 3.63) is 59.4 Å². The minimum atomic E-state index is 0.454. The van der Waals surface area contributed by atoms with Crippen molar-refractivity contribution >= 4 is 11.0 Å². The highest BCUT2D eigenvalue weighted by atomic mass is 16.5. The lowest BCUT2D eigenvalue weighted by Crippen LogP contribution is -2.22. The van der Waals surface area contributed by atoms with Crippen LogP contribution in [0.2, 0.25) is 0 Å². The lowest BCUT2D eigenvalue weighted by molar-refractivity contribution is 0.282. The standard InChI is InChI=1S/C24H31N3O/c1-18(2)20-11-10-19(3)16-23(20)28-15-14-27-22-9-5-4-8-21(22)25-24(27)17-26-12-6-7-13-26/h4-5,8-11,16,18H,6-7,12-15,17H2,1-3H3. The van der Waals surface area contributed by atoms with Gasteiger partial charge in [-0.1, -0.05) is 38.1 Å². The third-order valence-corrected chi connectivity index (χ3v) is 5.66. The second-order valence-electron chi connectivity index (χ2n) is 8.20. The predicted octanol–water partition coefficient (Wildman–Crippen LogP) is 5.14. The van der Waals surface area contributed by atoms with E-state index in [0.717, 1.165) is 30.2 Å². The van der Waals surface area contributed by atoms with Crippen LogP contribution in [0.5, 0.6) is 5.75 Å². The van der Waals surface area contributed by atoms with Gasteiger partial charge in [0.1, 0.15) is 18.2 Å². The molecular formula is C24H31N3O. The molecule has 4 nitrogen and oxygen atoms in total. The van der Waals surface area contributed by atoms with E-state index in [-0.39, 0.29) is 0 Å². The maximum absolute atomic E-state index is 6.26. The molecule has 0 bridgehead atoms. The molecule has 0 atom stereocenters. The Hall–Kier alpha value is -2.33. The van der Waals surface area contributed by atoms with E-state index in [2.05, 4.69) is 72.7 Å². The van der Waals surface area contributed by atoms with Gasteiger partial charge in [-0.25, -0.2) is 4.98 Å². The number of rotatable bonds is 7. The average Bonchev–Trinajstić information content (AvgIpc) is 3.30. The van der Waals surface area contributed by atoms with Crippen molar-refractivity contribution < 1.29 is 4.74 Å². The summed E-state index contributed by atoms with van der Waals surface area (Å²) in [6.45, 7) is 11.3. The monoisotopic (exact) mass is 377 g/mol. The summed E-state index contributed by atoms with van der Waals surface area (Å²) in [5.74, 6) is 2.62. The van der Waals surface area contributed by atoms with Crippen molar-refractivity contribution in [2.24, 2.45) is 0 Å². The molecule has 0 radical (unpaired) electrons. The van der Waals surface area contributed by atoms with Gasteiger partial charge in [0, 0.05) is 0 Å². The zero-order chi connectivity index (χ0) is 19.5. The molecule has 0 saturated carbocycles. The fraction of sp³-hybridized carbons (Fsp3) is 0.458. The second kappa shape index (κ2) is 8.36. The molecule has 3 aromatic rings. The van der Waals surface area contributed by atoms with Gasteiger partial charge in [0.25, 0.3) is 0 Å². The van der Waals surface area contributed by atoms with Crippen LogP contribution in [-0.2, 0) is 13.1 Å². The van der Waals surface area contributed by atoms with Crippen LogP contribution in [0.4, 0.5) is 0 Å². The Bertz CT molecular complexity index is 938. The second-order valence-corrected chi connectivity index (χ2v) is 8.20. The smallest absolute Gasteiger partial charge is 0.124 e. The van der Waals surface area contributed by atoms with Gasteiger partial charge in [-0.2, -0.15) is 0 Å². The molecule has 2 heterocycles. The van der Waals surface area contributed by atoms with Crippen LogP contribution in [0.25, 0.3) is 11.0 Å². The number of hydrogen-bond acceptors (Lipinski definition) is 3. The number of fused-ring (bicyclic) bond motifs is 1. The number of nitrogens with zero attached hydrogens (tertiary/aromatic N) is 3. The van der Waals surface area contributed by atoms with Crippen molar-refractivity contribution in [1.82, 2.24) is 14.5 Å². The first-order valence-electron chi connectivity index (χ1n) is 10.5. The molecule has 2 aromatic carbocycles. The number of aryl methyl sites for hydroxylation is 1. The molecule has 0 aliphatic carbocycles. The molecule has 1 saturated heterocycles. The third-order valence-electron chi connectivity index (χ3n) is 5.66. The lowest BCUT2D eigenvalue weighted by atomic mass is 10.0. The topological polar surface area (TPSA) is 30.3 Å². The minimum absolute atomic E-state index is 0.454. The minimum Gasteiger partial charge on any atom is -0.491 e. The molecule has 0 unspecified atom stereocenters. The Kier molecular flexibility index (Phi) is 5.67. The number of likely N-dealkylation sites (tertiary alicyclic amines) is 1. The summed E-state index contributed by atoms with van der Waals surface area (Å²) in [6.07, 6.45) is 2.60. The highest BCUT2D eigenvalue weighted by molar-refractivity contribution is 5.75. The van der Waals surface area contributed by atoms with Crippen molar-refractivity contribution in [1.29, 1.82) is 0 Å². The fourth-order valence-electron chi connectivity index (χ4n) is 4.13. The summed E-state index contributed by atoms with van der Waals surface area (Å²) in [5, 5.41) is 0.